The van der Waals surface area contributed by atoms with Crippen LogP contribution in [0.25, 0.3) is 43.8 Å². The average molecular weight is 534 g/mol. The predicted molar refractivity (Wildman–Crippen MR) is 157 cm³/mol. The van der Waals surface area contributed by atoms with Gasteiger partial charge in [-0.3, -0.25) is 4.79 Å². The number of nitrogens with one attached hydrogen (secondary N) is 2. The van der Waals surface area contributed by atoms with Crippen LogP contribution in [0.2, 0.25) is 0 Å². The highest BCUT2D eigenvalue weighted by Crippen LogP contribution is 2.40. The Bertz CT molecular complexity index is 1960. The van der Waals surface area contributed by atoms with Crippen LogP contribution in [-0.4, -0.2) is 26.0 Å². The highest BCUT2D eigenvalue weighted by atomic mass is 19.1. The van der Waals surface area contributed by atoms with E-state index < -0.39 is 17.3 Å². The molecular formula is C32H28FN5O2. The molecular weight excluding hydrogens is 505 g/mol. The van der Waals surface area contributed by atoms with Crippen LogP contribution in [0.15, 0.2) is 73.1 Å². The highest BCUT2D eigenvalue weighted by molar-refractivity contribution is 6.16. The summed E-state index contributed by atoms with van der Waals surface area (Å²) >= 11 is 0. The number of aliphatic hydroxyl groups is 1. The van der Waals surface area contributed by atoms with E-state index in [9.17, 15) is 14.3 Å². The average Bonchev–Trinajstić information content (AvgIpc) is 3.30. The van der Waals surface area contributed by atoms with Crippen LogP contribution in [0, 0.1) is 12.7 Å². The van der Waals surface area contributed by atoms with Crippen molar-refractivity contribution < 1.29 is 14.3 Å². The number of rotatable bonds is 6. The Morgan fingerprint density at radius 2 is 1.82 bits per heavy atom. The second-order valence-electron chi connectivity index (χ2n) is 10.6. The standard InChI is InChI=1S/C32H28FN5O2/c1-17-20(6-5-9-25(17)38-31-23-7-4-8-24(33)30(23)35-16-36-31)21-12-10-18(14-27(34)39)29-28(21)22-13-11-19(32(2,3)40)15-26(22)37-29/h4-13,15-16,37,40H,14H2,1-3H3,(H2,34,39)(H,35,36,38). The molecule has 6 aromatic rings. The maximum atomic E-state index is 14.4. The van der Waals surface area contributed by atoms with Crippen molar-refractivity contribution in [1.29, 1.82) is 0 Å². The summed E-state index contributed by atoms with van der Waals surface area (Å²) in [6, 6.07) is 20.6. The topological polar surface area (TPSA) is 117 Å². The first-order valence-electron chi connectivity index (χ1n) is 13.0. The molecule has 0 spiro atoms. The van der Waals surface area contributed by atoms with Crippen LogP contribution < -0.4 is 11.1 Å². The number of carbonyl (C=O) groups excluding carboxylic acids is 1. The van der Waals surface area contributed by atoms with E-state index in [1.807, 2.05) is 55.5 Å². The first kappa shape index (κ1) is 25.5. The minimum absolute atomic E-state index is 0.0971. The molecule has 4 aromatic carbocycles. The van der Waals surface area contributed by atoms with Crippen molar-refractivity contribution in [2.24, 2.45) is 5.73 Å². The number of aromatic nitrogens is 3. The molecule has 6 rings (SSSR count). The fourth-order valence-corrected chi connectivity index (χ4v) is 5.35. The lowest BCUT2D eigenvalue weighted by Gasteiger charge is -2.17. The highest BCUT2D eigenvalue weighted by Gasteiger charge is 2.21. The van der Waals surface area contributed by atoms with Crippen LogP contribution >= 0.6 is 0 Å². The number of para-hydroxylation sites is 1. The molecule has 7 nitrogen and oxygen atoms in total. The molecule has 0 aliphatic rings. The summed E-state index contributed by atoms with van der Waals surface area (Å²) < 4.78 is 14.4. The van der Waals surface area contributed by atoms with Gasteiger partial charge in [0, 0.05) is 27.4 Å². The Kier molecular flexibility index (Phi) is 6.00. The smallest absolute Gasteiger partial charge is 0.221 e. The van der Waals surface area contributed by atoms with E-state index in [0.29, 0.717) is 11.2 Å². The molecule has 0 bridgehead atoms. The zero-order valence-electron chi connectivity index (χ0n) is 22.3. The molecule has 0 aliphatic heterocycles. The van der Waals surface area contributed by atoms with Gasteiger partial charge in [-0.25, -0.2) is 14.4 Å². The first-order chi connectivity index (χ1) is 19.1. The van der Waals surface area contributed by atoms with Crippen molar-refractivity contribution in [2.45, 2.75) is 32.8 Å². The zero-order chi connectivity index (χ0) is 28.2. The van der Waals surface area contributed by atoms with Gasteiger partial charge in [-0.05, 0) is 72.9 Å². The van der Waals surface area contributed by atoms with Crippen LogP contribution in [-0.2, 0) is 16.8 Å². The summed E-state index contributed by atoms with van der Waals surface area (Å²) in [4.78, 5) is 23.9. The lowest BCUT2D eigenvalue weighted by Crippen LogP contribution is -2.14. The Labute approximate surface area is 229 Å². The minimum atomic E-state index is -1.00. The number of anilines is 2. The monoisotopic (exact) mass is 533 g/mol. The second kappa shape index (κ2) is 9.43. The first-order valence-corrected chi connectivity index (χ1v) is 13.0. The molecule has 200 valence electrons. The summed E-state index contributed by atoms with van der Waals surface area (Å²) in [5.74, 6) is -0.308. The quantitative estimate of drug-likeness (QED) is 0.198. The SMILES string of the molecule is Cc1c(Nc2ncnc3c(F)cccc23)cccc1-c1ccc(CC(N)=O)c2[nH]c3cc(C(C)(C)O)ccc3c12. The Morgan fingerprint density at radius 1 is 1.02 bits per heavy atom. The molecule has 0 saturated heterocycles. The number of nitrogens with two attached hydrogens (primary N) is 1. The number of halogens is 1. The number of nitrogens with zero attached hydrogens (tertiary/aromatic N) is 2. The number of hydrogen-bond donors (Lipinski definition) is 4. The van der Waals surface area contributed by atoms with Crippen molar-refractivity contribution in [2.75, 3.05) is 5.32 Å². The lowest BCUT2D eigenvalue weighted by atomic mass is 9.92. The molecule has 0 aliphatic carbocycles. The minimum Gasteiger partial charge on any atom is -0.386 e. The molecule has 1 amide bonds. The molecule has 40 heavy (non-hydrogen) atoms. The number of fused-ring (bicyclic) bond motifs is 4. The van der Waals surface area contributed by atoms with Crippen molar-refractivity contribution in [3.05, 3.63) is 95.6 Å². The zero-order valence-corrected chi connectivity index (χ0v) is 22.3. The van der Waals surface area contributed by atoms with E-state index in [2.05, 4.69) is 20.3 Å². The third-order valence-corrected chi connectivity index (χ3v) is 7.40. The maximum Gasteiger partial charge on any atom is 0.221 e. The third-order valence-electron chi connectivity index (χ3n) is 7.40. The Hall–Kier alpha value is -4.82. The molecule has 0 fully saturated rings. The van der Waals surface area contributed by atoms with Gasteiger partial charge in [-0.1, -0.05) is 42.5 Å². The number of amides is 1. The maximum absolute atomic E-state index is 14.4. The van der Waals surface area contributed by atoms with Gasteiger partial charge >= 0.3 is 0 Å². The summed E-state index contributed by atoms with van der Waals surface area (Å²) in [5.41, 5.74) is 11.8. The second-order valence-corrected chi connectivity index (χ2v) is 10.6. The molecule has 0 atom stereocenters. The number of H-pyrrole nitrogens is 1. The van der Waals surface area contributed by atoms with Gasteiger partial charge in [0.1, 0.15) is 23.5 Å². The molecule has 8 heteroatoms. The predicted octanol–water partition coefficient (Wildman–Crippen LogP) is 6.38. The van der Waals surface area contributed by atoms with Crippen LogP contribution in [0.5, 0.6) is 0 Å². The fourth-order valence-electron chi connectivity index (χ4n) is 5.35. The van der Waals surface area contributed by atoms with E-state index in [4.69, 9.17) is 5.73 Å². The Morgan fingerprint density at radius 3 is 2.60 bits per heavy atom. The van der Waals surface area contributed by atoms with Gasteiger partial charge in [-0.2, -0.15) is 0 Å². The summed E-state index contributed by atoms with van der Waals surface area (Å²) in [6.07, 6.45) is 1.45. The van der Waals surface area contributed by atoms with Crippen molar-refractivity contribution in [1.82, 2.24) is 15.0 Å². The molecule has 5 N–H and O–H groups in total. The van der Waals surface area contributed by atoms with E-state index in [1.165, 1.54) is 12.4 Å². The fraction of sp³-hybridized carbons (Fsp3) is 0.156. The van der Waals surface area contributed by atoms with E-state index in [1.54, 1.807) is 26.0 Å². The summed E-state index contributed by atoms with van der Waals surface area (Å²) in [5, 5.41) is 16.5. The van der Waals surface area contributed by atoms with Gasteiger partial charge in [0.2, 0.25) is 5.91 Å². The molecule has 0 unspecified atom stereocenters. The van der Waals surface area contributed by atoms with Crippen LogP contribution in [0.1, 0.15) is 30.5 Å². The van der Waals surface area contributed by atoms with Gasteiger partial charge in [0.25, 0.3) is 0 Å². The van der Waals surface area contributed by atoms with E-state index in [0.717, 1.165) is 55.3 Å². The van der Waals surface area contributed by atoms with E-state index in [-0.39, 0.29) is 11.9 Å². The summed E-state index contributed by atoms with van der Waals surface area (Å²) in [6.45, 7) is 5.52. The number of aromatic amines is 1. The largest absolute Gasteiger partial charge is 0.386 e. The molecule has 0 saturated carbocycles. The van der Waals surface area contributed by atoms with Crippen LogP contribution in [0.3, 0.4) is 0 Å². The number of primary amides is 1. The van der Waals surface area contributed by atoms with Gasteiger partial charge in [-0.15, -0.1) is 0 Å². The van der Waals surface area contributed by atoms with E-state index >= 15 is 0 Å². The van der Waals surface area contributed by atoms with Crippen LogP contribution in [0.4, 0.5) is 15.9 Å². The van der Waals surface area contributed by atoms with Crippen molar-refractivity contribution in [3.63, 3.8) is 0 Å². The molecule has 0 radical (unpaired) electrons. The van der Waals surface area contributed by atoms with Gasteiger partial charge in [0.15, 0.2) is 0 Å². The third kappa shape index (κ3) is 4.32. The van der Waals surface area contributed by atoms with Gasteiger partial charge in [0.05, 0.1) is 17.5 Å². The number of hydrogen-bond acceptors (Lipinski definition) is 5. The normalized spacial score (nSPS) is 11.9. The summed E-state index contributed by atoms with van der Waals surface area (Å²) in [7, 11) is 0. The van der Waals surface area contributed by atoms with Crippen molar-refractivity contribution >= 4 is 50.1 Å². The van der Waals surface area contributed by atoms with Crippen molar-refractivity contribution in [3.8, 4) is 11.1 Å². The molecule has 2 heterocycles. The Balaban J connectivity index is 1.54. The lowest BCUT2D eigenvalue weighted by molar-refractivity contribution is -0.117. The molecule has 2 aromatic heterocycles. The number of benzene rings is 4. The van der Waals surface area contributed by atoms with Gasteiger partial charge < -0.3 is 21.1 Å². The number of carbonyl (C=O) groups is 1.